The van der Waals surface area contributed by atoms with Crippen molar-refractivity contribution >= 4 is 11.5 Å². The van der Waals surface area contributed by atoms with E-state index in [1.54, 1.807) is 6.07 Å². The molecule has 43 heavy (non-hydrogen) atoms. The molecule has 0 bridgehead atoms. The minimum absolute atomic E-state index is 0.0539. The van der Waals surface area contributed by atoms with E-state index in [4.69, 9.17) is 19.2 Å². The summed E-state index contributed by atoms with van der Waals surface area (Å²) < 4.78 is 34.5. The summed E-state index contributed by atoms with van der Waals surface area (Å²) in [7, 11) is 1.39. The normalized spacial score (nSPS) is 16.1. The second kappa shape index (κ2) is 13.5. The standard InChI is InChI=1S/C33H39FN4O5/c1-5-24(20-42-6-2)37-16-15-25-22(18-37)13-14-23(30(25)34)19-43-31-21(3)9-7-10-26(31)28-11-8-12-29(36-28)38-32(41-4)27(17-35-38)33(39)40/h8,10-14,17,24H,5-7,9,15-16,18-20H2,1-4H3,(H,39,40)/t24-/m0/s1. The van der Waals surface area contributed by atoms with Gasteiger partial charge in [-0.25, -0.2) is 14.2 Å². The topological polar surface area (TPSA) is 98.9 Å². The molecule has 0 saturated carbocycles. The predicted molar refractivity (Wildman–Crippen MR) is 161 cm³/mol. The third-order valence-corrected chi connectivity index (χ3v) is 8.19. The van der Waals surface area contributed by atoms with E-state index in [1.807, 2.05) is 38.1 Å². The summed E-state index contributed by atoms with van der Waals surface area (Å²) in [6.45, 7) is 9.19. The van der Waals surface area contributed by atoms with E-state index in [-0.39, 0.29) is 23.9 Å². The first-order valence-electron chi connectivity index (χ1n) is 14.8. The molecule has 1 aliphatic carbocycles. The third kappa shape index (κ3) is 6.35. The number of allylic oxidation sites excluding steroid dienone is 3. The third-order valence-electron chi connectivity index (χ3n) is 8.19. The number of ether oxygens (including phenoxy) is 3. The highest BCUT2D eigenvalue weighted by atomic mass is 19.1. The number of aromatic carboxylic acids is 1. The summed E-state index contributed by atoms with van der Waals surface area (Å²) >= 11 is 0. The Morgan fingerprint density at radius 1 is 1.19 bits per heavy atom. The first-order valence-corrected chi connectivity index (χ1v) is 14.8. The van der Waals surface area contributed by atoms with E-state index in [0.29, 0.717) is 55.1 Å². The number of carboxylic acids is 1. The van der Waals surface area contributed by atoms with Crippen molar-refractivity contribution in [3.63, 3.8) is 0 Å². The molecule has 0 saturated heterocycles. The van der Waals surface area contributed by atoms with Crippen LogP contribution in [0.1, 0.15) is 72.8 Å². The van der Waals surface area contributed by atoms with E-state index in [9.17, 15) is 9.90 Å². The van der Waals surface area contributed by atoms with Gasteiger partial charge in [-0.15, -0.1) is 0 Å². The highest BCUT2D eigenvalue weighted by Gasteiger charge is 2.27. The van der Waals surface area contributed by atoms with Crippen molar-refractivity contribution in [1.82, 2.24) is 19.7 Å². The fraction of sp³-hybridized carbons (Fsp3) is 0.424. The van der Waals surface area contributed by atoms with Crippen molar-refractivity contribution < 1.29 is 28.5 Å². The van der Waals surface area contributed by atoms with Crippen LogP contribution in [0.3, 0.4) is 0 Å². The summed E-state index contributed by atoms with van der Waals surface area (Å²) in [6, 6.07) is 9.62. The zero-order valence-corrected chi connectivity index (χ0v) is 25.2. The molecule has 0 fully saturated rings. The number of hydrogen-bond acceptors (Lipinski definition) is 7. The fourth-order valence-electron chi connectivity index (χ4n) is 5.82. The van der Waals surface area contributed by atoms with Gasteiger partial charge in [-0.2, -0.15) is 9.78 Å². The van der Waals surface area contributed by atoms with Gasteiger partial charge in [0, 0.05) is 36.9 Å². The lowest BCUT2D eigenvalue weighted by atomic mass is 9.94. The van der Waals surface area contributed by atoms with Crippen LogP contribution in [0.4, 0.5) is 4.39 Å². The summed E-state index contributed by atoms with van der Waals surface area (Å²) in [5.74, 6) is -0.147. The van der Waals surface area contributed by atoms with Crippen molar-refractivity contribution in [2.75, 3.05) is 26.9 Å². The van der Waals surface area contributed by atoms with Gasteiger partial charge in [-0.3, -0.25) is 4.90 Å². The number of pyridine rings is 1. The highest BCUT2D eigenvalue weighted by molar-refractivity contribution is 5.90. The minimum atomic E-state index is -1.14. The van der Waals surface area contributed by atoms with Gasteiger partial charge >= 0.3 is 5.97 Å². The second-order valence-corrected chi connectivity index (χ2v) is 10.8. The fourth-order valence-corrected chi connectivity index (χ4v) is 5.82. The summed E-state index contributed by atoms with van der Waals surface area (Å²) in [5.41, 5.74) is 4.79. The first kappa shape index (κ1) is 30.4. The van der Waals surface area contributed by atoms with Crippen molar-refractivity contribution in [2.45, 2.75) is 65.6 Å². The number of carboxylic acid groups (broad SMARTS) is 1. The van der Waals surface area contributed by atoms with Gasteiger partial charge in [0.05, 0.1) is 25.6 Å². The number of benzene rings is 1. The molecule has 1 atom stereocenters. The van der Waals surface area contributed by atoms with Crippen LogP contribution in [0, 0.1) is 5.82 Å². The maximum atomic E-state index is 15.8. The van der Waals surface area contributed by atoms with Crippen LogP contribution in [0.15, 0.2) is 53.9 Å². The van der Waals surface area contributed by atoms with Crippen LogP contribution in [0.25, 0.3) is 11.4 Å². The van der Waals surface area contributed by atoms with Crippen LogP contribution < -0.4 is 4.74 Å². The Labute approximate surface area is 251 Å². The van der Waals surface area contributed by atoms with Gasteiger partial charge in [-0.05, 0) is 68.4 Å². The Hall–Kier alpha value is -4.02. The van der Waals surface area contributed by atoms with Crippen molar-refractivity contribution in [3.8, 4) is 11.7 Å². The van der Waals surface area contributed by atoms with Crippen molar-refractivity contribution in [1.29, 1.82) is 0 Å². The predicted octanol–water partition coefficient (Wildman–Crippen LogP) is 5.95. The summed E-state index contributed by atoms with van der Waals surface area (Å²) in [4.78, 5) is 18.7. The van der Waals surface area contributed by atoms with Crippen LogP contribution in [0.5, 0.6) is 5.88 Å². The number of carbonyl (C=O) groups is 1. The number of nitrogens with zero attached hydrogens (tertiary/aromatic N) is 4. The number of rotatable bonds is 12. The summed E-state index contributed by atoms with van der Waals surface area (Å²) in [6.07, 6.45) is 6.60. The molecule has 1 N–H and O–H groups in total. The Balaban J connectivity index is 1.34. The molecular weight excluding hydrogens is 551 g/mol. The number of methoxy groups -OCH3 is 1. The van der Waals surface area contributed by atoms with Crippen LogP contribution in [0.2, 0.25) is 0 Å². The average molecular weight is 591 g/mol. The molecule has 3 aromatic rings. The van der Waals surface area contributed by atoms with Gasteiger partial charge < -0.3 is 19.3 Å². The highest BCUT2D eigenvalue weighted by Crippen LogP contribution is 2.35. The van der Waals surface area contributed by atoms with Crippen LogP contribution in [-0.2, 0) is 29.0 Å². The summed E-state index contributed by atoms with van der Waals surface area (Å²) in [5, 5.41) is 13.7. The Bertz CT molecular complexity index is 1550. The maximum Gasteiger partial charge on any atom is 0.342 e. The molecule has 228 valence electrons. The number of hydrogen-bond donors (Lipinski definition) is 1. The minimum Gasteiger partial charge on any atom is -0.488 e. The van der Waals surface area contributed by atoms with E-state index in [0.717, 1.165) is 48.1 Å². The number of aromatic nitrogens is 3. The Kier molecular flexibility index (Phi) is 9.57. The molecule has 0 radical (unpaired) electrons. The molecule has 1 aliphatic heterocycles. The smallest absolute Gasteiger partial charge is 0.342 e. The zero-order chi connectivity index (χ0) is 30.5. The molecule has 0 amide bonds. The van der Waals surface area contributed by atoms with Crippen molar-refractivity contribution in [2.24, 2.45) is 0 Å². The average Bonchev–Trinajstić information content (AvgIpc) is 3.46. The number of halogens is 1. The van der Waals surface area contributed by atoms with Gasteiger partial charge in [0.1, 0.15) is 23.7 Å². The van der Waals surface area contributed by atoms with Crippen LogP contribution >= 0.6 is 0 Å². The van der Waals surface area contributed by atoms with Gasteiger partial charge in [0.25, 0.3) is 0 Å². The SMILES string of the molecule is CCOC[C@H](CC)N1CCc2c(ccc(COC3=C(C)CCC=C3c3cccc(-n4ncc(C(=O)O)c4OC)n3)c2F)C1. The molecule has 1 aromatic carbocycles. The maximum absolute atomic E-state index is 15.8. The molecule has 9 nitrogen and oxygen atoms in total. The molecule has 2 aromatic heterocycles. The van der Waals surface area contributed by atoms with Crippen molar-refractivity contribution in [3.05, 3.63) is 87.7 Å². The van der Waals surface area contributed by atoms with E-state index in [2.05, 4.69) is 23.0 Å². The second-order valence-electron chi connectivity index (χ2n) is 10.8. The molecule has 3 heterocycles. The van der Waals surface area contributed by atoms with E-state index < -0.39 is 5.97 Å². The lowest BCUT2D eigenvalue weighted by Crippen LogP contribution is -2.42. The lowest BCUT2D eigenvalue weighted by Gasteiger charge is -2.35. The van der Waals surface area contributed by atoms with Crippen LogP contribution in [-0.4, -0.2) is 63.7 Å². The molecule has 0 spiro atoms. The molecular formula is C33H39FN4O5. The van der Waals surface area contributed by atoms with E-state index >= 15 is 4.39 Å². The zero-order valence-electron chi connectivity index (χ0n) is 25.2. The quantitative estimate of drug-likeness (QED) is 0.276. The monoisotopic (exact) mass is 590 g/mol. The molecule has 2 aliphatic rings. The lowest BCUT2D eigenvalue weighted by molar-refractivity contribution is 0.0566. The number of fused-ring (bicyclic) bond motifs is 1. The Morgan fingerprint density at radius 3 is 2.77 bits per heavy atom. The first-order chi connectivity index (χ1) is 20.9. The largest absolute Gasteiger partial charge is 0.488 e. The van der Waals surface area contributed by atoms with Gasteiger partial charge in [0.15, 0.2) is 5.82 Å². The molecule has 10 heteroatoms. The van der Waals surface area contributed by atoms with E-state index in [1.165, 1.54) is 18.0 Å². The van der Waals surface area contributed by atoms with Gasteiger partial charge in [0.2, 0.25) is 5.88 Å². The Morgan fingerprint density at radius 2 is 2.02 bits per heavy atom. The molecule has 0 unspecified atom stereocenters. The molecule has 5 rings (SSSR count). The van der Waals surface area contributed by atoms with Gasteiger partial charge in [-0.1, -0.05) is 31.2 Å².